The predicted molar refractivity (Wildman–Crippen MR) is 61.6 cm³/mol. The summed E-state index contributed by atoms with van der Waals surface area (Å²) in [4.78, 5) is 11.5. The number of rotatable bonds is 5. The van der Waals surface area contributed by atoms with Crippen LogP contribution in [0.15, 0.2) is 0 Å². The summed E-state index contributed by atoms with van der Waals surface area (Å²) in [7, 11) is 0. The van der Waals surface area contributed by atoms with Crippen LogP contribution in [0.25, 0.3) is 0 Å². The molecule has 17 heavy (non-hydrogen) atoms. The van der Waals surface area contributed by atoms with Gasteiger partial charge in [-0.15, -0.1) is 0 Å². The van der Waals surface area contributed by atoms with Gasteiger partial charge in [-0.3, -0.25) is 0 Å². The fourth-order valence-corrected chi connectivity index (χ4v) is 2.29. The van der Waals surface area contributed by atoms with Crippen molar-refractivity contribution in [2.24, 2.45) is 5.92 Å². The SMILES string of the molecule is CCCCCNC(=O)O[C@H]1CO[C@@H]2OCC[C@@H]21. The highest BCUT2D eigenvalue weighted by Crippen LogP contribution is 2.32. The van der Waals surface area contributed by atoms with Gasteiger partial charge in [0.05, 0.1) is 19.1 Å². The Bertz CT molecular complexity index is 259. The highest BCUT2D eigenvalue weighted by atomic mass is 16.7. The van der Waals surface area contributed by atoms with E-state index in [2.05, 4.69) is 12.2 Å². The molecule has 3 atom stereocenters. The van der Waals surface area contributed by atoms with E-state index in [9.17, 15) is 4.79 Å². The van der Waals surface area contributed by atoms with Crippen LogP contribution in [0.2, 0.25) is 0 Å². The van der Waals surface area contributed by atoms with Gasteiger partial charge in [0.25, 0.3) is 0 Å². The van der Waals surface area contributed by atoms with E-state index >= 15 is 0 Å². The van der Waals surface area contributed by atoms with Gasteiger partial charge >= 0.3 is 6.09 Å². The maximum atomic E-state index is 11.5. The van der Waals surface area contributed by atoms with Gasteiger partial charge in [-0.1, -0.05) is 19.8 Å². The molecule has 0 bridgehead atoms. The predicted octanol–water partition coefficient (Wildman–Crippen LogP) is 1.66. The molecule has 2 saturated heterocycles. The van der Waals surface area contributed by atoms with Gasteiger partial charge in [0.2, 0.25) is 0 Å². The molecule has 5 heteroatoms. The summed E-state index contributed by atoms with van der Waals surface area (Å²) in [6.45, 7) is 3.98. The van der Waals surface area contributed by atoms with Gasteiger partial charge in [0, 0.05) is 6.54 Å². The quantitative estimate of drug-likeness (QED) is 0.746. The van der Waals surface area contributed by atoms with Crippen LogP contribution in [0.1, 0.15) is 32.6 Å². The molecule has 0 radical (unpaired) electrons. The van der Waals surface area contributed by atoms with Crippen LogP contribution in [0, 0.1) is 5.92 Å². The smallest absolute Gasteiger partial charge is 0.407 e. The average Bonchev–Trinajstić information content (AvgIpc) is 2.89. The number of carbonyl (C=O) groups excluding carboxylic acids is 1. The lowest BCUT2D eigenvalue weighted by Crippen LogP contribution is -2.33. The topological polar surface area (TPSA) is 56.8 Å². The van der Waals surface area contributed by atoms with Crippen molar-refractivity contribution >= 4 is 6.09 Å². The summed E-state index contributed by atoms with van der Waals surface area (Å²) in [6, 6.07) is 0. The number of fused-ring (bicyclic) bond motifs is 1. The van der Waals surface area contributed by atoms with Gasteiger partial charge in [-0.25, -0.2) is 4.79 Å². The Morgan fingerprint density at radius 1 is 1.41 bits per heavy atom. The minimum Gasteiger partial charge on any atom is -0.443 e. The van der Waals surface area contributed by atoms with Crippen molar-refractivity contribution in [1.29, 1.82) is 0 Å². The average molecular weight is 243 g/mol. The van der Waals surface area contributed by atoms with Gasteiger partial charge in [-0.05, 0) is 12.8 Å². The second-order valence-corrected chi connectivity index (χ2v) is 4.60. The summed E-state index contributed by atoms with van der Waals surface area (Å²) in [5.41, 5.74) is 0. The van der Waals surface area contributed by atoms with E-state index in [1.54, 1.807) is 0 Å². The third-order valence-corrected chi connectivity index (χ3v) is 3.29. The first-order valence-electron chi connectivity index (χ1n) is 6.49. The molecule has 5 nitrogen and oxygen atoms in total. The van der Waals surface area contributed by atoms with Crippen molar-refractivity contribution in [3.63, 3.8) is 0 Å². The van der Waals surface area contributed by atoms with E-state index < -0.39 is 0 Å². The highest BCUT2D eigenvalue weighted by Gasteiger charge is 2.43. The second-order valence-electron chi connectivity index (χ2n) is 4.60. The van der Waals surface area contributed by atoms with Crippen molar-refractivity contribution in [1.82, 2.24) is 5.32 Å². The molecule has 0 aliphatic carbocycles. The number of carbonyl (C=O) groups is 1. The summed E-state index contributed by atoms with van der Waals surface area (Å²) in [5, 5.41) is 2.77. The van der Waals surface area contributed by atoms with Crippen LogP contribution in [0.4, 0.5) is 4.79 Å². The van der Waals surface area contributed by atoms with E-state index in [0.29, 0.717) is 19.8 Å². The van der Waals surface area contributed by atoms with Crippen LogP contribution in [-0.4, -0.2) is 38.2 Å². The lowest BCUT2D eigenvalue weighted by molar-refractivity contribution is -0.0907. The molecule has 0 spiro atoms. The fraction of sp³-hybridized carbons (Fsp3) is 0.917. The molecule has 2 aliphatic heterocycles. The van der Waals surface area contributed by atoms with Crippen molar-refractivity contribution in [3.8, 4) is 0 Å². The Hall–Kier alpha value is -0.810. The van der Waals surface area contributed by atoms with Crippen molar-refractivity contribution < 1.29 is 19.0 Å². The van der Waals surface area contributed by atoms with Crippen LogP contribution < -0.4 is 5.32 Å². The first-order valence-corrected chi connectivity index (χ1v) is 6.49. The molecule has 98 valence electrons. The molecule has 0 aromatic carbocycles. The van der Waals surface area contributed by atoms with E-state index in [0.717, 1.165) is 25.7 Å². The minimum absolute atomic E-state index is 0.145. The summed E-state index contributed by atoms with van der Waals surface area (Å²) in [6.07, 6.45) is 3.56. The number of hydrogen-bond donors (Lipinski definition) is 1. The molecule has 0 aromatic rings. The Kier molecular flexibility index (Phi) is 4.62. The third-order valence-electron chi connectivity index (χ3n) is 3.29. The van der Waals surface area contributed by atoms with Gasteiger partial charge in [0.15, 0.2) is 6.29 Å². The fourth-order valence-electron chi connectivity index (χ4n) is 2.29. The molecule has 1 amide bonds. The van der Waals surface area contributed by atoms with Gasteiger partial charge < -0.3 is 19.5 Å². The standard InChI is InChI=1S/C12H21NO4/c1-2-3-4-6-13-12(14)17-10-8-16-11-9(10)5-7-15-11/h9-11H,2-8H2,1H3,(H,13,14)/t9-,10+,11+/m1/s1. The molecular weight excluding hydrogens is 222 g/mol. The number of nitrogens with one attached hydrogen (secondary N) is 1. The molecular formula is C12H21NO4. The molecule has 0 aromatic heterocycles. The first kappa shape index (κ1) is 12.6. The van der Waals surface area contributed by atoms with Crippen molar-refractivity contribution in [3.05, 3.63) is 0 Å². The second kappa shape index (κ2) is 6.21. The normalized spacial score (nSPS) is 31.2. The van der Waals surface area contributed by atoms with E-state index in [1.807, 2.05) is 0 Å². The summed E-state index contributed by atoms with van der Waals surface area (Å²) < 4.78 is 16.1. The monoisotopic (exact) mass is 243 g/mol. The van der Waals surface area contributed by atoms with Gasteiger partial charge in [0.1, 0.15) is 6.10 Å². The molecule has 2 aliphatic rings. The Morgan fingerprint density at radius 3 is 3.12 bits per heavy atom. The Morgan fingerprint density at radius 2 is 2.29 bits per heavy atom. The molecule has 0 saturated carbocycles. The zero-order valence-electron chi connectivity index (χ0n) is 10.3. The third kappa shape index (κ3) is 3.33. The van der Waals surface area contributed by atoms with Gasteiger partial charge in [-0.2, -0.15) is 0 Å². The number of amides is 1. The maximum absolute atomic E-state index is 11.5. The molecule has 1 N–H and O–H groups in total. The van der Waals surface area contributed by atoms with Crippen LogP contribution in [-0.2, 0) is 14.2 Å². The Labute approximate surface area is 102 Å². The van der Waals surface area contributed by atoms with Crippen molar-refractivity contribution in [2.45, 2.75) is 45.0 Å². The largest absolute Gasteiger partial charge is 0.443 e. The van der Waals surface area contributed by atoms with E-state index in [4.69, 9.17) is 14.2 Å². The number of ether oxygens (including phenoxy) is 3. The number of hydrogen-bond acceptors (Lipinski definition) is 4. The number of unbranched alkanes of at least 4 members (excludes halogenated alkanes) is 2. The summed E-state index contributed by atoms with van der Waals surface area (Å²) >= 11 is 0. The highest BCUT2D eigenvalue weighted by molar-refractivity contribution is 5.67. The zero-order valence-corrected chi connectivity index (χ0v) is 10.3. The first-order chi connectivity index (χ1) is 8.31. The lowest BCUT2D eigenvalue weighted by Gasteiger charge is -2.16. The Balaban J connectivity index is 1.65. The van der Waals surface area contributed by atoms with E-state index in [1.165, 1.54) is 0 Å². The molecule has 2 rings (SSSR count). The zero-order chi connectivity index (χ0) is 12.1. The van der Waals surface area contributed by atoms with Crippen LogP contribution in [0.3, 0.4) is 0 Å². The lowest BCUT2D eigenvalue weighted by atomic mass is 10.0. The molecule has 2 heterocycles. The minimum atomic E-state index is -0.331. The van der Waals surface area contributed by atoms with E-state index in [-0.39, 0.29) is 24.4 Å². The summed E-state index contributed by atoms with van der Waals surface area (Å²) in [5.74, 6) is 0.219. The van der Waals surface area contributed by atoms with Crippen molar-refractivity contribution in [2.75, 3.05) is 19.8 Å². The van der Waals surface area contributed by atoms with Crippen LogP contribution in [0.5, 0.6) is 0 Å². The molecule has 0 unspecified atom stereocenters. The molecule has 2 fully saturated rings. The van der Waals surface area contributed by atoms with Crippen LogP contribution >= 0.6 is 0 Å². The number of alkyl carbamates (subject to hydrolysis) is 1. The maximum Gasteiger partial charge on any atom is 0.407 e.